The van der Waals surface area contributed by atoms with Gasteiger partial charge in [0.25, 0.3) is 0 Å². The third kappa shape index (κ3) is 1.46. The Kier molecular flexibility index (Phi) is 2.37. The largest absolute Gasteiger partial charge is 0.469 e. The van der Waals surface area contributed by atoms with Crippen molar-refractivity contribution in [1.82, 2.24) is 0 Å². The van der Waals surface area contributed by atoms with Crippen molar-refractivity contribution in [3.05, 3.63) is 21.9 Å². The maximum absolute atomic E-state index is 11.6. The van der Waals surface area contributed by atoms with Crippen LogP contribution in [0.2, 0.25) is 0 Å². The van der Waals surface area contributed by atoms with Crippen LogP contribution < -0.4 is 0 Å². The molecule has 0 amide bonds. The van der Waals surface area contributed by atoms with Crippen LogP contribution in [0.15, 0.2) is 11.4 Å². The van der Waals surface area contributed by atoms with Gasteiger partial charge in [-0.3, -0.25) is 9.59 Å². The third-order valence-electron chi connectivity index (χ3n) is 2.43. The van der Waals surface area contributed by atoms with E-state index < -0.39 is 0 Å². The molecule has 1 aromatic heterocycles. The summed E-state index contributed by atoms with van der Waals surface area (Å²) >= 11 is 1.45. The van der Waals surface area contributed by atoms with E-state index in [1.807, 2.05) is 11.4 Å². The fraction of sp³-hybridized carbons (Fsp3) is 0.400. The number of methoxy groups -OCH3 is 1. The van der Waals surface area contributed by atoms with Crippen molar-refractivity contribution in [3.63, 3.8) is 0 Å². The summed E-state index contributed by atoms with van der Waals surface area (Å²) in [6.45, 7) is 0. The monoisotopic (exact) mass is 210 g/mol. The first kappa shape index (κ1) is 9.40. The first-order valence-corrected chi connectivity index (χ1v) is 5.27. The number of esters is 1. The maximum atomic E-state index is 11.6. The number of Topliss-reactive ketones (excluding diaryl/α,β-unsaturated/α-hetero) is 1. The van der Waals surface area contributed by atoms with Crippen LogP contribution in [0.1, 0.15) is 21.7 Å². The zero-order valence-corrected chi connectivity index (χ0v) is 8.60. The zero-order valence-electron chi connectivity index (χ0n) is 7.78. The molecule has 2 rings (SSSR count). The standard InChI is InChI=1S/C10H10O3S/c1-13-10(12)7-4-6-2-3-14-9(6)8(11)5-7/h2-3,7H,4-5H2,1H3/t7-/m1/s1. The Labute approximate surface area is 85.7 Å². The van der Waals surface area contributed by atoms with Gasteiger partial charge < -0.3 is 4.74 Å². The minimum absolute atomic E-state index is 0.0663. The molecule has 1 aromatic rings. The van der Waals surface area contributed by atoms with Gasteiger partial charge in [0.1, 0.15) is 0 Å². The number of rotatable bonds is 1. The van der Waals surface area contributed by atoms with Crippen LogP contribution in [0.5, 0.6) is 0 Å². The van der Waals surface area contributed by atoms with E-state index in [2.05, 4.69) is 4.74 Å². The fourth-order valence-corrected chi connectivity index (χ4v) is 2.61. The van der Waals surface area contributed by atoms with E-state index in [1.165, 1.54) is 18.4 Å². The van der Waals surface area contributed by atoms with Crippen molar-refractivity contribution in [2.24, 2.45) is 5.92 Å². The number of hydrogen-bond donors (Lipinski definition) is 0. The smallest absolute Gasteiger partial charge is 0.309 e. The molecular formula is C10H10O3S. The summed E-state index contributed by atoms with van der Waals surface area (Å²) in [7, 11) is 1.36. The van der Waals surface area contributed by atoms with Crippen molar-refractivity contribution >= 4 is 23.1 Å². The minimum atomic E-state index is -0.283. The van der Waals surface area contributed by atoms with Crippen molar-refractivity contribution < 1.29 is 14.3 Å². The summed E-state index contributed by atoms with van der Waals surface area (Å²) in [4.78, 5) is 23.7. The lowest BCUT2D eigenvalue weighted by molar-refractivity contribution is -0.145. The first-order valence-electron chi connectivity index (χ1n) is 4.39. The summed E-state index contributed by atoms with van der Waals surface area (Å²) < 4.78 is 4.64. The maximum Gasteiger partial charge on any atom is 0.309 e. The highest BCUT2D eigenvalue weighted by atomic mass is 32.1. The van der Waals surface area contributed by atoms with Gasteiger partial charge in [-0.15, -0.1) is 11.3 Å². The highest BCUT2D eigenvalue weighted by molar-refractivity contribution is 7.12. The molecule has 0 unspecified atom stereocenters. The van der Waals surface area contributed by atoms with E-state index >= 15 is 0 Å². The van der Waals surface area contributed by atoms with E-state index in [0.717, 1.165) is 10.4 Å². The Bertz CT molecular complexity index is 380. The normalized spacial score (nSPS) is 20.4. The second-order valence-corrected chi connectivity index (χ2v) is 4.24. The van der Waals surface area contributed by atoms with E-state index in [-0.39, 0.29) is 17.7 Å². The molecule has 0 aliphatic heterocycles. The molecule has 0 bridgehead atoms. The van der Waals surface area contributed by atoms with Crippen LogP contribution in [0.4, 0.5) is 0 Å². The Morgan fingerprint density at radius 3 is 3.07 bits per heavy atom. The highest BCUT2D eigenvalue weighted by Gasteiger charge is 2.31. The molecule has 1 heterocycles. The van der Waals surface area contributed by atoms with E-state index in [9.17, 15) is 9.59 Å². The van der Waals surface area contributed by atoms with Gasteiger partial charge in [0, 0.05) is 6.42 Å². The number of ether oxygens (including phenoxy) is 1. The molecule has 0 radical (unpaired) electrons. The summed E-state index contributed by atoms with van der Waals surface area (Å²) in [6.07, 6.45) is 0.928. The summed E-state index contributed by atoms with van der Waals surface area (Å²) in [5, 5.41) is 1.89. The summed E-state index contributed by atoms with van der Waals surface area (Å²) in [5.41, 5.74) is 0.988. The van der Waals surface area contributed by atoms with Gasteiger partial charge in [-0.25, -0.2) is 0 Å². The number of hydrogen-bond acceptors (Lipinski definition) is 4. The third-order valence-corrected chi connectivity index (χ3v) is 3.43. The van der Waals surface area contributed by atoms with Crippen molar-refractivity contribution in [2.45, 2.75) is 12.8 Å². The first-order chi connectivity index (χ1) is 6.72. The number of thiophene rings is 1. The Morgan fingerprint density at radius 2 is 2.36 bits per heavy atom. The number of ketones is 1. The van der Waals surface area contributed by atoms with Crippen LogP contribution in [-0.2, 0) is 16.0 Å². The van der Waals surface area contributed by atoms with Crippen molar-refractivity contribution in [2.75, 3.05) is 7.11 Å². The molecular weight excluding hydrogens is 200 g/mol. The predicted octanol–water partition coefficient (Wildman–Crippen LogP) is 1.67. The summed E-state index contributed by atoms with van der Waals surface area (Å²) in [6, 6.07) is 1.91. The molecule has 0 fully saturated rings. The van der Waals surface area contributed by atoms with Gasteiger partial charge in [0.2, 0.25) is 0 Å². The quantitative estimate of drug-likeness (QED) is 0.662. The number of carbonyl (C=O) groups excluding carboxylic acids is 2. The second kappa shape index (κ2) is 3.53. The average Bonchev–Trinajstić information content (AvgIpc) is 2.64. The van der Waals surface area contributed by atoms with Crippen LogP contribution in [0.25, 0.3) is 0 Å². The fourth-order valence-electron chi connectivity index (χ4n) is 1.73. The Balaban J connectivity index is 2.25. The molecule has 3 nitrogen and oxygen atoms in total. The number of fused-ring (bicyclic) bond motifs is 1. The lowest BCUT2D eigenvalue weighted by atomic mass is 9.88. The Morgan fingerprint density at radius 1 is 1.57 bits per heavy atom. The minimum Gasteiger partial charge on any atom is -0.469 e. The topological polar surface area (TPSA) is 43.4 Å². The van der Waals surface area contributed by atoms with Gasteiger partial charge in [0.15, 0.2) is 5.78 Å². The number of carbonyl (C=O) groups is 2. The lowest BCUT2D eigenvalue weighted by Gasteiger charge is -2.18. The molecule has 4 heteroatoms. The van der Waals surface area contributed by atoms with Gasteiger partial charge in [-0.05, 0) is 23.4 Å². The molecule has 1 aliphatic carbocycles. The van der Waals surface area contributed by atoms with Crippen LogP contribution >= 0.6 is 11.3 Å². The lowest BCUT2D eigenvalue weighted by Crippen LogP contribution is -2.26. The molecule has 0 N–H and O–H groups in total. The molecule has 0 saturated heterocycles. The van der Waals surface area contributed by atoms with Gasteiger partial charge >= 0.3 is 5.97 Å². The van der Waals surface area contributed by atoms with Crippen molar-refractivity contribution in [1.29, 1.82) is 0 Å². The van der Waals surface area contributed by atoms with E-state index in [4.69, 9.17) is 0 Å². The van der Waals surface area contributed by atoms with Crippen molar-refractivity contribution in [3.8, 4) is 0 Å². The molecule has 1 aliphatic rings. The second-order valence-electron chi connectivity index (χ2n) is 3.33. The molecule has 0 saturated carbocycles. The van der Waals surface area contributed by atoms with E-state index in [1.54, 1.807) is 0 Å². The van der Waals surface area contributed by atoms with Gasteiger partial charge in [-0.2, -0.15) is 0 Å². The Hall–Kier alpha value is -1.16. The van der Waals surface area contributed by atoms with Crippen LogP contribution in [0, 0.1) is 5.92 Å². The molecule has 1 atom stereocenters. The average molecular weight is 210 g/mol. The summed E-state index contributed by atoms with van der Waals surface area (Å²) in [5.74, 6) is -0.499. The van der Waals surface area contributed by atoms with Gasteiger partial charge in [-0.1, -0.05) is 0 Å². The van der Waals surface area contributed by atoms with E-state index in [0.29, 0.717) is 12.8 Å². The molecule has 0 aromatic carbocycles. The molecule has 74 valence electrons. The van der Waals surface area contributed by atoms with Crippen LogP contribution in [0.3, 0.4) is 0 Å². The predicted molar refractivity (Wildman–Crippen MR) is 52.5 cm³/mol. The molecule has 0 spiro atoms. The highest BCUT2D eigenvalue weighted by Crippen LogP contribution is 2.29. The molecule has 14 heavy (non-hydrogen) atoms. The SMILES string of the molecule is COC(=O)[C@H]1CC(=O)c2sccc2C1. The zero-order chi connectivity index (χ0) is 10.1. The van der Waals surface area contributed by atoms with Gasteiger partial charge in [0.05, 0.1) is 17.9 Å². The van der Waals surface area contributed by atoms with Crippen LogP contribution in [-0.4, -0.2) is 18.9 Å².